The van der Waals surface area contributed by atoms with Gasteiger partial charge in [0.1, 0.15) is 24.1 Å². The lowest BCUT2D eigenvalue weighted by molar-refractivity contribution is -0.115. The van der Waals surface area contributed by atoms with Gasteiger partial charge in [-0.2, -0.15) is 0 Å². The summed E-state index contributed by atoms with van der Waals surface area (Å²) in [5, 5.41) is 30.1. The topological polar surface area (TPSA) is 84.1 Å². The second kappa shape index (κ2) is 5.47. The normalized spacial score (nSPS) is 29.2. The Hall–Kier alpha value is -1.31. The molecule has 0 amide bonds. The van der Waals surface area contributed by atoms with Crippen molar-refractivity contribution in [2.75, 3.05) is 6.61 Å². The molecular formula is C14H16ClNO5. The number of ether oxygens (including phenoxy) is 2. The van der Waals surface area contributed by atoms with Crippen molar-refractivity contribution in [2.45, 2.75) is 24.6 Å². The second-order valence-corrected chi connectivity index (χ2v) is 5.53. The Kier molecular flexibility index (Phi) is 3.81. The molecule has 0 unspecified atom stereocenters. The van der Waals surface area contributed by atoms with E-state index in [1.807, 2.05) is 17.7 Å². The smallest absolute Gasteiger partial charge is 0.229 e. The Balaban J connectivity index is 1.89. The SMILES string of the molecule is Cn1cc(O[C@@H]2O[C@H](CO)[C@@H](O)[C@H]2O)c2ccc(Cl)cc21. The molecule has 114 valence electrons. The first-order chi connectivity index (χ1) is 10.0. The minimum absolute atomic E-state index is 0.386. The van der Waals surface area contributed by atoms with Gasteiger partial charge in [0.2, 0.25) is 6.29 Å². The molecule has 0 aliphatic carbocycles. The van der Waals surface area contributed by atoms with E-state index in [0.29, 0.717) is 10.8 Å². The molecule has 3 rings (SSSR count). The van der Waals surface area contributed by atoms with E-state index >= 15 is 0 Å². The predicted octanol–water partition coefficient (Wildman–Crippen LogP) is 0.649. The maximum atomic E-state index is 9.90. The summed E-state index contributed by atoms with van der Waals surface area (Å²) in [5.41, 5.74) is 0.879. The molecule has 1 aliphatic heterocycles. The summed E-state index contributed by atoms with van der Waals surface area (Å²) >= 11 is 5.97. The largest absolute Gasteiger partial charge is 0.460 e. The van der Waals surface area contributed by atoms with Gasteiger partial charge >= 0.3 is 0 Å². The molecule has 6 nitrogen and oxygen atoms in total. The molecule has 0 saturated carbocycles. The van der Waals surface area contributed by atoms with Gasteiger partial charge in [0.15, 0.2) is 0 Å². The van der Waals surface area contributed by atoms with Crippen molar-refractivity contribution >= 4 is 22.5 Å². The van der Waals surface area contributed by atoms with Crippen LogP contribution in [0.5, 0.6) is 5.75 Å². The summed E-state index contributed by atoms with van der Waals surface area (Å²) in [5.74, 6) is 0.513. The van der Waals surface area contributed by atoms with Crippen molar-refractivity contribution in [3.8, 4) is 5.75 Å². The summed E-state index contributed by atoms with van der Waals surface area (Å²) in [6, 6.07) is 5.36. The van der Waals surface area contributed by atoms with Gasteiger partial charge in [-0.05, 0) is 18.2 Å². The first-order valence-corrected chi connectivity index (χ1v) is 6.92. The average molecular weight is 314 g/mol. The molecule has 0 radical (unpaired) electrons. The van der Waals surface area contributed by atoms with E-state index in [0.717, 1.165) is 10.9 Å². The van der Waals surface area contributed by atoms with E-state index in [9.17, 15) is 10.2 Å². The van der Waals surface area contributed by atoms with Crippen LogP contribution in [-0.4, -0.2) is 51.1 Å². The summed E-state index contributed by atoms with van der Waals surface area (Å²) in [7, 11) is 1.85. The van der Waals surface area contributed by atoms with Crippen LogP contribution in [0.15, 0.2) is 24.4 Å². The number of hydrogen-bond acceptors (Lipinski definition) is 5. The third kappa shape index (κ3) is 2.49. The van der Waals surface area contributed by atoms with Gasteiger partial charge in [0, 0.05) is 23.7 Å². The van der Waals surface area contributed by atoms with Gasteiger partial charge in [-0.1, -0.05) is 11.6 Å². The molecule has 2 heterocycles. The van der Waals surface area contributed by atoms with Crippen molar-refractivity contribution in [1.29, 1.82) is 0 Å². The molecule has 21 heavy (non-hydrogen) atoms. The highest BCUT2D eigenvalue weighted by molar-refractivity contribution is 6.31. The highest BCUT2D eigenvalue weighted by atomic mass is 35.5. The van der Waals surface area contributed by atoms with Crippen LogP contribution in [0.3, 0.4) is 0 Å². The van der Waals surface area contributed by atoms with Crippen LogP contribution in [-0.2, 0) is 11.8 Å². The lowest BCUT2D eigenvalue weighted by Gasteiger charge is -2.16. The van der Waals surface area contributed by atoms with Crippen molar-refractivity contribution in [3.63, 3.8) is 0 Å². The molecule has 1 saturated heterocycles. The molecule has 2 aromatic rings. The predicted molar refractivity (Wildman–Crippen MR) is 76.3 cm³/mol. The number of aliphatic hydroxyl groups excluding tert-OH is 3. The van der Waals surface area contributed by atoms with Crippen LogP contribution < -0.4 is 4.74 Å². The number of rotatable bonds is 3. The zero-order valence-corrected chi connectivity index (χ0v) is 12.1. The van der Waals surface area contributed by atoms with Gasteiger partial charge in [-0.25, -0.2) is 0 Å². The van der Waals surface area contributed by atoms with Gasteiger partial charge < -0.3 is 29.4 Å². The molecule has 0 bridgehead atoms. The lowest BCUT2D eigenvalue weighted by Crippen LogP contribution is -2.35. The van der Waals surface area contributed by atoms with Crippen molar-refractivity contribution in [2.24, 2.45) is 7.05 Å². The fourth-order valence-electron chi connectivity index (χ4n) is 2.50. The summed E-state index contributed by atoms with van der Waals surface area (Å²) < 4.78 is 12.8. The number of aryl methyl sites for hydroxylation is 1. The van der Waals surface area contributed by atoms with Crippen molar-refractivity contribution in [1.82, 2.24) is 4.57 Å². The van der Waals surface area contributed by atoms with Crippen molar-refractivity contribution in [3.05, 3.63) is 29.4 Å². The van der Waals surface area contributed by atoms with Gasteiger partial charge in [-0.15, -0.1) is 0 Å². The van der Waals surface area contributed by atoms with Crippen LogP contribution in [0.1, 0.15) is 0 Å². The van der Waals surface area contributed by atoms with Gasteiger partial charge in [0.05, 0.1) is 12.1 Å². The maximum absolute atomic E-state index is 9.90. The van der Waals surface area contributed by atoms with E-state index < -0.39 is 24.6 Å². The summed E-state index contributed by atoms with van der Waals surface area (Å²) in [4.78, 5) is 0. The number of hydrogen-bond donors (Lipinski definition) is 3. The van der Waals surface area contributed by atoms with Crippen LogP contribution in [0.4, 0.5) is 0 Å². The molecule has 1 aromatic carbocycles. The number of benzene rings is 1. The minimum Gasteiger partial charge on any atom is -0.460 e. The number of fused-ring (bicyclic) bond motifs is 1. The number of nitrogens with zero attached hydrogens (tertiary/aromatic N) is 1. The van der Waals surface area contributed by atoms with Gasteiger partial charge in [0.25, 0.3) is 0 Å². The van der Waals surface area contributed by atoms with E-state index in [2.05, 4.69) is 0 Å². The van der Waals surface area contributed by atoms with Crippen molar-refractivity contribution < 1.29 is 24.8 Å². The quantitative estimate of drug-likeness (QED) is 0.775. The first kappa shape index (κ1) is 14.6. The Morgan fingerprint density at radius 2 is 2.10 bits per heavy atom. The Bertz CT molecular complexity index is 658. The van der Waals surface area contributed by atoms with E-state index in [4.69, 9.17) is 26.2 Å². The Labute approximate surface area is 126 Å². The Morgan fingerprint density at radius 1 is 1.33 bits per heavy atom. The molecule has 3 N–H and O–H groups in total. The van der Waals surface area contributed by atoms with Crippen LogP contribution in [0, 0.1) is 0 Å². The number of aliphatic hydroxyl groups is 3. The molecule has 7 heteroatoms. The highest BCUT2D eigenvalue weighted by Crippen LogP contribution is 2.32. The number of aromatic nitrogens is 1. The fourth-order valence-corrected chi connectivity index (χ4v) is 2.67. The van der Waals surface area contributed by atoms with E-state index in [-0.39, 0.29) is 6.61 Å². The fraction of sp³-hybridized carbons (Fsp3) is 0.429. The Morgan fingerprint density at radius 3 is 2.76 bits per heavy atom. The lowest BCUT2D eigenvalue weighted by atomic mass is 10.1. The minimum atomic E-state index is -1.22. The zero-order valence-electron chi connectivity index (χ0n) is 11.3. The number of halogens is 1. The molecule has 1 aromatic heterocycles. The zero-order chi connectivity index (χ0) is 15.1. The van der Waals surface area contributed by atoms with Gasteiger partial charge in [-0.3, -0.25) is 0 Å². The van der Waals surface area contributed by atoms with Crippen LogP contribution >= 0.6 is 11.6 Å². The second-order valence-electron chi connectivity index (χ2n) is 5.09. The maximum Gasteiger partial charge on any atom is 0.229 e. The molecule has 4 atom stereocenters. The van der Waals surface area contributed by atoms with E-state index in [1.54, 1.807) is 18.3 Å². The standard InChI is InChI=1S/C14H16ClNO5/c1-16-5-10(8-3-2-7(15)4-9(8)16)20-14-13(19)12(18)11(6-17)21-14/h2-5,11-14,17-19H,6H2,1H3/t11-,12-,13-,14-/m1/s1. The monoisotopic (exact) mass is 313 g/mol. The van der Waals surface area contributed by atoms with Crippen LogP contribution in [0.25, 0.3) is 10.9 Å². The summed E-state index contributed by atoms with van der Waals surface area (Å²) in [6.07, 6.45) is -2.53. The average Bonchev–Trinajstić information content (AvgIpc) is 2.91. The van der Waals surface area contributed by atoms with Crippen LogP contribution in [0.2, 0.25) is 5.02 Å². The molecule has 1 fully saturated rings. The first-order valence-electron chi connectivity index (χ1n) is 6.55. The molecule has 1 aliphatic rings. The van der Waals surface area contributed by atoms with E-state index in [1.165, 1.54) is 0 Å². The molecule has 0 spiro atoms. The highest BCUT2D eigenvalue weighted by Gasteiger charge is 2.44. The summed E-state index contributed by atoms with van der Waals surface area (Å²) in [6.45, 7) is -0.386. The molecular weight excluding hydrogens is 298 g/mol. The third-order valence-electron chi connectivity index (χ3n) is 3.66. The third-order valence-corrected chi connectivity index (χ3v) is 3.89.